The van der Waals surface area contributed by atoms with E-state index in [2.05, 4.69) is 6.58 Å². The van der Waals surface area contributed by atoms with E-state index in [1.54, 1.807) is 45.0 Å². The normalized spacial score (nSPS) is 11.0. The van der Waals surface area contributed by atoms with Crippen molar-refractivity contribution in [1.82, 2.24) is 14.1 Å². The van der Waals surface area contributed by atoms with E-state index >= 15 is 0 Å². The monoisotopic (exact) mass is 655 g/mol. The van der Waals surface area contributed by atoms with Gasteiger partial charge in [-0.25, -0.2) is 14.6 Å². The van der Waals surface area contributed by atoms with Crippen LogP contribution in [0.25, 0.3) is 26.3 Å². The smallest absolute Gasteiger partial charge is 0.338 e. The van der Waals surface area contributed by atoms with Gasteiger partial charge in [0.1, 0.15) is 4.83 Å². The summed E-state index contributed by atoms with van der Waals surface area (Å²) < 4.78 is 13.7. The van der Waals surface area contributed by atoms with Crippen molar-refractivity contribution in [3.63, 3.8) is 0 Å². The standard InChI is InChI=1S/C35H33N3O6S2/c1-6-14-37-32(40)28-19-30(23-12-10-9-11-13-23)46-31(28)36-35(37)45-20-29(39)27-15-21(4)38(22(27)5)26-17-24(33(41)43-7-2)16-25(18-26)34(42)44-8-3/h6,9-13,15-19H,1,7-8,14,20H2,2-5H3. The summed E-state index contributed by atoms with van der Waals surface area (Å²) in [5, 5.41) is 0.958. The Morgan fingerprint density at radius 2 is 1.61 bits per heavy atom. The molecule has 9 nitrogen and oxygen atoms in total. The molecule has 0 bridgehead atoms. The van der Waals surface area contributed by atoms with Crippen LogP contribution in [-0.4, -0.2) is 50.8 Å². The molecule has 0 fully saturated rings. The molecular weight excluding hydrogens is 623 g/mol. The fraction of sp³-hybridized carbons (Fsp3) is 0.229. The molecular formula is C35H33N3O6S2. The zero-order chi connectivity index (χ0) is 33.0. The number of Topliss-reactive ketones (excluding diaryl/α,β-unsaturated/α-hetero) is 1. The minimum Gasteiger partial charge on any atom is -0.462 e. The maximum atomic E-state index is 13.6. The summed E-state index contributed by atoms with van der Waals surface area (Å²) in [6.45, 7) is 11.5. The predicted octanol–water partition coefficient (Wildman–Crippen LogP) is 7.05. The average Bonchev–Trinajstić information content (AvgIpc) is 3.62. The number of carbonyl (C=O) groups is 3. The van der Waals surface area contributed by atoms with Gasteiger partial charge in [0.25, 0.3) is 5.56 Å². The molecule has 0 spiro atoms. The largest absolute Gasteiger partial charge is 0.462 e. The van der Waals surface area contributed by atoms with E-state index < -0.39 is 11.9 Å². The highest BCUT2D eigenvalue weighted by Crippen LogP contribution is 2.32. The number of aromatic nitrogens is 3. The van der Waals surface area contributed by atoms with Crippen molar-refractivity contribution in [3.8, 4) is 16.1 Å². The molecule has 0 saturated carbocycles. The first-order valence-corrected chi connectivity index (χ1v) is 16.5. The van der Waals surface area contributed by atoms with Crippen molar-refractivity contribution in [2.24, 2.45) is 0 Å². The van der Waals surface area contributed by atoms with Gasteiger partial charge in [-0.05, 0) is 63.6 Å². The molecule has 11 heteroatoms. The second kappa shape index (κ2) is 14.1. The van der Waals surface area contributed by atoms with E-state index in [1.807, 2.05) is 47.9 Å². The van der Waals surface area contributed by atoms with Gasteiger partial charge in [-0.2, -0.15) is 0 Å². The molecule has 0 atom stereocenters. The van der Waals surface area contributed by atoms with E-state index in [0.717, 1.165) is 16.1 Å². The number of thiophene rings is 1. The molecule has 3 heterocycles. The molecule has 46 heavy (non-hydrogen) atoms. The van der Waals surface area contributed by atoms with Crippen LogP contribution in [0.15, 0.2) is 83.3 Å². The van der Waals surface area contributed by atoms with Crippen LogP contribution in [0.1, 0.15) is 56.3 Å². The first-order valence-electron chi connectivity index (χ1n) is 14.7. The van der Waals surface area contributed by atoms with Crippen molar-refractivity contribution in [3.05, 3.63) is 112 Å². The zero-order valence-corrected chi connectivity index (χ0v) is 27.6. The molecule has 5 aromatic rings. The molecule has 0 aliphatic rings. The number of hydrogen-bond acceptors (Lipinski definition) is 9. The summed E-state index contributed by atoms with van der Waals surface area (Å²) in [5.41, 5.74) is 3.58. The Hall–Kier alpha value is -4.74. The molecule has 236 valence electrons. The molecule has 0 radical (unpaired) electrons. The van der Waals surface area contributed by atoms with Gasteiger partial charge in [0.05, 0.1) is 35.5 Å². The highest BCUT2D eigenvalue weighted by molar-refractivity contribution is 7.99. The van der Waals surface area contributed by atoms with Gasteiger partial charge in [-0.15, -0.1) is 17.9 Å². The zero-order valence-electron chi connectivity index (χ0n) is 26.0. The fourth-order valence-corrected chi connectivity index (χ4v) is 7.17. The van der Waals surface area contributed by atoms with Gasteiger partial charge in [0, 0.05) is 34.1 Å². The molecule has 0 saturated heterocycles. The first-order chi connectivity index (χ1) is 22.2. The van der Waals surface area contributed by atoms with Gasteiger partial charge in [0.15, 0.2) is 10.9 Å². The second-order valence-electron chi connectivity index (χ2n) is 10.3. The average molecular weight is 656 g/mol. The summed E-state index contributed by atoms with van der Waals surface area (Å²) >= 11 is 2.63. The fourth-order valence-electron chi connectivity index (χ4n) is 5.20. The minimum absolute atomic E-state index is 0.0350. The summed E-state index contributed by atoms with van der Waals surface area (Å²) in [4.78, 5) is 58.8. The SMILES string of the molecule is C=CCn1c(SCC(=O)c2cc(C)n(-c3cc(C(=O)OCC)cc(C(=O)OCC)c3)c2C)nc2sc(-c3ccccc3)cc2c1=O. The quantitative estimate of drug-likeness (QED) is 0.0463. The highest BCUT2D eigenvalue weighted by Gasteiger charge is 2.22. The molecule has 0 aliphatic carbocycles. The Morgan fingerprint density at radius 1 is 0.957 bits per heavy atom. The third-order valence-corrected chi connectivity index (χ3v) is 9.30. The maximum absolute atomic E-state index is 13.6. The van der Waals surface area contributed by atoms with Crippen LogP contribution < -0.4 is 5.56 Å². The Morgan fingerprint density at radius 3 is 2.22 bits per heavy atom. The summed E-state index contributed by atoms with van der Waals surface area (Å²) in [7, 11) is 0. The van der Waals surface area contributed by atoms with Crippen molar-refractivity contribution < 1.29 is 23.9 Å². The number of allylic oxidation sites excluding steroid dienone is 1. The first kappa shape index (κ1) is 32.6. The lowest BCUT2D eigenvalue weighted by Gasteiger charge is -2.14. The molecule has 2 aromatic carbocycles. The number of rotatable bonds is 12. The number of hydrogen-bond donors (Lipinski definition) is 0. The summed E-state index contributed by atoms with van der Waals surface area (Å²) in [6.07, 6.45) is 1.63. The number of benzene rings is 2. The van der Waals surface area contributed by atoms with Gasteiger partial charge in [-0.3, -0.25) is 14.2 Å². The number of carbonyl (C=O) groups excluding carboxylic acids is 3. The number of aryl methyl sites for hydroxylation is 1. The summed E-state index contributed by atoms with van der Waals surface area (Å²) in [5.74, 6) is -1.26. The Balaban J connectivity index is 1.47. The molecule has 0 unspecified atom stereocenters. The molecule has 5 rings (SSSR count). The van der Waals surface area contributed by atoms with Gasteiger partial charge < -0.3 is 14.0 Å². The van der Waals surface area contributed by atoms with Crippen LogP contribution >= 0.6 is 23.1 Å². The Bertz CT molecular complexity index is 1990. The van der Waals surface area contributed by atoms with Crippen molar-refractivity contribution in [2.75, 3.05) is 19.0 Å². The number of fused-ring (bicyclic) bond motifs is 1. The van der Waals surface area contributed by atoms with Gasteiger partial charge >= 0.3 is 11.9 Å². The van der Waals surface area contributed by atoms with Crippen LogP contribution in [-0.2, 0) is 16.0 Å². The van der Waals surface area contributed by atoms with Gasteiger partial charge in [-0.1, -0.05) is 48.2 Å². The predicted molar refractivity (Wildman–Crippen MR) is 182 cm³/mol. The molecule has 0 amide bonds. The van der Waals surface area contributed by atoms with Gasteiger partial charge in [0.2, 0.25) is 0 Å². The second-order valence-corrected chi connectivity index (χ2v) is 12.3. The van der Waals surface area contributed by atoms with Crippen LogP contribution in [0, 0.1) is 13.8 Å². The van der Waals surface area contributed by atoms with Crippen LogP contribution in [0.4, 0.5) is 0 Å². The van der Waals surface area contributed by atoms with Crippen LogP contribution in [0.3, 0.4) is 0 Å². The lowest BCUT2D eigenvalue weighted by atomic mass is 10.1. The topological polar surface area (TPSA) is 109 Å². The third kappa shape index (κ3) is 6.61. The molecule has 0 N–H and O–H groups in total. The van der Waals surface area contributed by atoms with Crippen LogP contribution in [0.2, 0.25) is 0 Å². The molecule has 3 aromatic heterocycles. The lowest BCUT2D eigenvalue weighted by molar-refractivity contribution is 0.0525. The highest BCUT2D eigenvalue weighted by atomic mass is 32.2. The Labute approximate surface area is 274 Å². The van der Waals surface area contributed by atoms with E-state index in [1.165, 1.54) is 33.7 Å². The van der Waals surface area contributed by atoms with Crippen molar-refractivity contribution >= 4 is 51.0 Å². The Kier molecular flexibility index (Phi) is 10.0. The lowest BCUT2D eigenvalue weighted by Crippen LogP contribution is -2.22. The number of esters is 2. The maximum Gasteiger partial charge on any atom is 0.338 e. The minimum atomic E-state index is -0.568. The number of ketones is 1. The van der Waals surface area contributed by atoms with Crippen LogP contribution in [0.5, 0.6) is 0 Å². The van der Waals surface area contributed by atoms with Crippen molar-refractivity contribution in [1.29, 1.82) is 0 Å². The number of ether oxygens (including phenoxy) is 2. The molecule has 0 aliphatic heterocycles. The van der Waals surface area contributed by atoms with E-state index in [0.29, 0.717) is 32.3 Å². The summed E-state index contributed by atoms with van der Waals surface area (Å²) in [6, 6.07) is 18.2. The van der Waals surface area contributed by atoms with E-state index in [-0.39, 0.29) is 48.0 Å². The van der Waals surface area contributed by atoms with E-state index in [4.69, 9.17) is 14.5 Å². The van der Waals surface area contributed by atoms with E-state index in [9.17, 15) is 19.2 Å². The number of thioether (sulfide) groups is 1. The van der Waals surface area contributed by atoms with Crippen molar-refractivity contribution in [2.45, 2.75) is 39.4 Å². The number of nitrogens with zero attached hydrogens (tertiary/aromatic N) is 3. The third-order valence-electron chi connectivity index (χ3n) is 7.25.